The van der Waals surface area contributed by atoms with Crippen molar-refractivity contribution in [1.82, 2.24) is 4.90 Å². The van der Waals surface area contributed by atoms with Gasteiger partial charge in [-0.05, 0) is 30.5 Å². The molecule has 0 amide bonds. The highest BCUT2D eigenvalue weighted by Gasteiger charge is 2.38. The highest BCUT2D eigenvalue weighted by Crippen LogP contribution is 2.42. The Morgan fingerprint density at radius 1 is 0.968 bits per heavy atom. The van der Waals surface area contributed by atoms with Gasteiger partial charge in [0.2, 0.25) is 0 Å². The van der Waals surface area contributed by atoms with Crippen LogP contribution in [0.25, 0.3) is 0 Å². The van der Waals surface area contributed by atoms with Crippen LogP contribution in [0.4, 0.5) is 0 Å². The monoisotopic (exact) mass is 417 g/mol. The van der Waals surface area contributed by atoms with Crippen LogP contribution in [0, 0.1) is 0 Å². The predicted octanol–water partition coefficient (Wildman–Crippen LogP) is 4.91. The average molecular weight is 418 g/mol. The third kappa shape index (κ3) is 4.57. The number of likely N-dealkylation sites (tertiary alicyclic amines) is 1. The summed E-state index contributed by atoms with van der Waals surface area (Å²) in [5, 5.41) is 9.87. The molecule has 1 fully saturated rings. The lowest BCUT2D eigenvalue weighted by molar-refractivity contribution is -0.142. The van der Waals surface area contributed by atoms with E-state index in [0.717, 1.165) is 34.6 Å². The lowest BCUT2D eigenvalue weighted by atomic mass is 9.94. The molecule has 0 aromatic heterocycles. The quantitative estimate of drug-likeness (QED) is 0.564. The average Bonchev–Trinajstić information content (AvgIpc) is 3.29. The number of para-hydroxylation sites is 2. The lowest BCUT2D eigenvalue weighted by Gasteiger charge is -2.33. The van der Waals surface area contributed by atoms with Crippen molar-refractivity contribution < 1.29 is 19.4 Å². The first-order chi connectivity index (χ1) is 15.2. The number of methoxy groups -OCH3 is 1. The van der Waals surface area contributed by atoms with Crippen molar-refractivity contribution in [2.24, 2.45) is 0 Å². The number of hydrogen-bond acceptors (Lipinski definition) is 4. The third-order valence-corrected chi connectivity index (χ3v) is 5.80. The molecule has 3 aromatic rings. The largest absolute Gasteiger partial charge is 0.496 e. The molecule has 2 unspecified atom stereocenters. The molecule has 0 aliphatic carbocycles. The standard InChI is InChI=1S/C26H27NO4/c1-30-23-15-7-5-12-20(23)25(27-17-9-14-22(27)26(28)29)21-13-6-8-16-24(21)31-18-19-10-3-2-4-11-19/h2-8,10-13,15-16,22,25H,9,14,17-18H2,1H3,(H,28,29). The second-order valence-electron chi connectivity index (χ2n) is 7.69. The summed E-state index contributed by atoms with van der Waals surface area (Å²) in [7, 11) is 1.65. The highest BCUT2D eigenvalue weighted by atomic mass is 16.5. The van der Waals surface area contributed by atoms with Gasteiger partial charge in [0.05, 0.1) is 13.2 Å². The van der Waals surface area contributed by atoms with Gasteiger partial charge in [0.1, 0.15) is 24.1 Å². The number of hydrogen-bond donors (Lipinski definition) is 1. The molecule has 1 aliphatic heterocycles. The molecule has 1 aliphatic rings. The summed E-state index contributed by atoms with van der Waals surface area (Å²) in [6, 6.07) is 24.9. The Bertz CT molecular complexity index is 1020. The van der Waals surface area contributed by atoms with E-state index in [1.165, 1.54) is 0 Å². The first-order valence-corrected chi connectivity index (χ1v) is 10.6. The zero-order valence-electron chi connectivity index (χ0n) is 17.6. The molecule has 4 rings (SSSR count). The zero-order valence-corrected chi connectivity index (χ0v) is 17.6. The van der Waals surface area contributed by atoms with E-state index in [1.807, 2.05) is 78.9 Å². The van der Waals surface area contributed by atoms with E-state index in [2.05, 4.69) is 4.90 Å². The number of ether oxygens (including phenoxy) is 2. The normalized spacial score (nSPS) is 17.3. The van der Waals surface area contributed by atoms with Crippen molar-refractivity contribution in [2.75, 3.05) is 13.7 Å². The summed E-state index contributed by atoms with van der Waals surface area (Å²) < 4.78 is 11.9. The first-order valence-electron chi connectivity index (χ1n) is 10.6. The number of rotatable bonds is 8. The Kier molecular flexibility index (Phi) is 6.53. The van der Waals surface area contributed by atoms with E-state index in [-0.39, 0.29) is 6.04 Å². The number of carboxylic acid groups (broad SMARTS) is 1. The molecular weight excluding hydrogens is 390 g/mol. The van der Waals surface area contributed by atoms with E-state index >= 15 is 0 Å². The van der Waals surface area contributed by atoms with Crippen molar-refractivity contribution in [1.29, 1.82) is 0 Å². The van der Waals surface area contributed by atoms with E-state index in [1.54, 1.807) is 7.11 Å². The number of carbonyl (C=O) groups is 1. The molecule has 1 heterocycles. The minimum absolute atomic E-state index is 0.285. The van der Waals surface area contributed by atoms with Gasteiger partial charge in [0.25, 0.3) is 0 Å². The van der Waals surface area contributed by atoms with Gasteiger partial charge in [-0.1, -0.05) is 66.7 Å². The molecule has 1 N–H and O–H groups in total. The fourth-order valence-corrected chi connectivity index (χ4v) is 4.35. The summed E-state index contributed by atoms with van der Waals surface area (Å²) in [5.74, 6) is 0.694. The number of benzene rings is 3. The third-order valence-electron chi connectivity index (χ3n) is 5.80. The van der Waals surface area contributed by atoms with Crippen LogP contribution in [-0.2, 0) is 11.4 Å². The number of aliphatic carboxylic acids is 1. The second-order valence-corrected chi connectivity index (χ2v) is 7.69. The molecule has 5 nitrogen and oxygen atoms in total. The Morgan fingerprint density at radius 3 is 2.26 bits per heavy atom. The minimum Gasteiger partial charge on any atom is -0.496 e. The van der Waals surface area contributed by atoms with E-state index in [4.69, 9.17) is 9.47 Å². The van der Waals surface area contributed by atoms with Gasteiger partial charge in [-0.2, -0.15) is 0 Å². The van der Waals surface area contributed by atoms with E-state index in [9.17, 15) is 9.90 Å². The molecule has 3 aromatic carbocycles. The van der Waals surface area contributed by atoms with Crippen LogP contribution in [0.5, 0.6) is 11.5 Å². The predicted molar refractivity (Wildman–Crippen MR) is 119 cm³/mol. The van der Waals surface area contributed by atoms with Crippen LogP contribution >= 0.6 is 0 Å². The summed E-state index contributed by atoms with van der Waals surface area (Å²) in [5.41, 5.74) is 2.96. The van der Waals surface area contributed by atoms with Crippen LogP contribution in [0.3, 0.4) is 0 Å². The van der Waals surface area contributed by atoms with Crippen LogP contribution in [0.2, 0.25) is 0 Å². The fourth-order valence-electron chi connectivity index (χ4n) is 4.35. The molecule has 0 bridgehead atoms. The maximum absolute atomic E-state index is 12.0. The summed E-state index contributed by atoms with van der Waals surface area (Å²) in [6.45, 7) is 1.14. The Morgan fingerprint density at radius 2 is 1.58 bits per heavy atom. The van der Waals surface area contributed by atoms with Crippen LogP contribution in [0.15, 0.2) is 78.9 Å². The topological polar surface area (TPSA) is 59.0 Å². The summed E-state index contributed by atoms with van der Waals surface area (Å²) in [6.07, 6.45) is 1.48. The molecule has 2 atom stereocenters. The molecule has 1 saturated heterocycles. The van der Waals surface area contributed by atoms with Crippen molar-refractivity contribution in [3.05, 3.63) is 95.6 Å². The van der Waals surface area contributed by atoms with Crippen molar-refractivity contribution in [3.63, 3.8) is 0 Å². The van der Waals surface area contributed by atoms with Gasteiger partial charge in [0.15, 0.2) is 0 Å². The maximum atomic E-state index is 12.0. The van der Waals surface area contributed by atoms with Crippen molar-refractivity contribution >= 4 is 5.97 Å². The van der Waals surface area contributed by atoms with Gasteiger partial charge in [-0.3, -0.25) is 9.69 Å². The van der Waals surface area contributed by atoms with Gasteiger partial charge < -0.3 is 14.6 Å². The molecule has 0 saturated carbocycles. The molecule has 160 valence electrons. The van der Waals surface area contributed by atoms with Crippen LogP contribution in [-0.4, -0.2) is 35.7 Å². The fraction of sp³-hybridized carbons (Fsp3) is 0.269. The molecule has 0 radical (unpaired) electrons. The smallest absolute Gasteiger partial charge is 0.320 e. The van der Waals surface area contributed by atoms with E-state index in [0.29, 0.717) is 19.6 Å². The minimum atomic E-state index is -0.792. The molecular formula is C26H27NO4. The Balaban J connectivity index is 1.76. The number of carboxylic acids is 1. The van der Waals surface area contributed by atoms with Gasteiger partial charge >= 0.3 is 5.97 Å². The van der Waals surface area contributed by atoms with E-state index < -0.39 is 12.0 Å². The SMILES string of the molecule is COc1ccccc1C(c1ccccc1OCc1ccccc1)N1CCCC1C(=O)O. The number of nitrogens with zero attached hydrogens (tertiary/aromatic N) is 1. The maximum Gasteiger partial charge on any atom is 0.320 e. The van der Waals surface area contributed by atoms with Crippen molar-refractivity contribution in [3.8, 4) is 11.5 Å². The van der Waals surface area contributed by atoms with Gasteiger partial charge in [-0.15, -0.1) is 0 Å². The van der Waals surface area contributed by atoms with Crippen LogP contribution < -0.4 is 9.47 Å². The van der Waals surface area contributed by atoms with Gasteiger partial charge in [0, 0.05) is 17.7 Å². The van der Waals surface area contributed by atoms with Gasteiger partial charge in [-0.25, -0.2) is 0 Å². The molecule has 0 spiro atoms. The lowest BCUT2D eigenvalue weighted by Crippen LogP contribution is -2.39. The first kappa shape index (κ1) is 20.9. The second kappa shape index (κ2) is 9.67. The Labute approximate surface area is 182 Å². The zero-order chi connectivity index (χ0) is 21.6. The molecule has 5 heteroatoms. The summed E-state index contributed by atoms with van der Waals surface area (Å²) >= 11 is 0. The van der Waals surface area contributed by atoms with Crippen molar-refractivity contribution in [2.45, 2.75) is 31.5 Å². The van der Waals surface area contributed by atoms with Crippen LogP contribution in [0.1, 0.15) is 35.6 Å². The Hall–Kier alpha value is -3.31. The highest BCUT2D eigenvalue weighted by molar-refractivity contribution is 5.74. The summed E-state index contributed by atoms with van der Waals surface area (Å²) in [4.78, 5) is 14.1. The molecule has 31 heavy (non-hydrogen) atoms.